The minimum atomic E-state index is -0.260. The van der Waals surface area contributed by atoms with Crippen LogP contribution >= 0.6 is 0 Å². The van der Waals surface area contributed by atoms with Crippen LogP contribution in [0.2, 0.25) is 0 Å². The lowest BCUT2D eigenvalue weighted by Crippen LogP contribution is -2.39. The topological polar surface area (TPSA) is 66.1 Å². The Morgan fingerprint density at radius 2 is 2.10 bits per heavy atom. The van der Waals surface area contributed by atoms with E-state index in [1.165, 1.54) is 0 Å². The van der Waals surface area contributed by atoms with Crippen molar-refractivity contribution < 1.29 is 4.79 Å². The van der Waals surface area contributed by atoms with E-state index in [4.69, 9.17) is 0 Å². The average Bonchev–Trinajstić information content (AvgIpc) is 2.47. The van der Waals surface area contributed by atoms with Gasteiger partial charge >= 0.3 is 0 Å². The molecule has 5 nitrogen and oxygen atoms in total. The molecule has 0 saturated carbocycles. The number of carbonyl (C=O) groups is 1. The number of benzene rings is 1. The van der Waals surface area contributed by atoms with Crippen LogP contribution in [-0.4, -0.2) is 34.1 Å². The van der Waals surface area contributed by atoms with Gasteiger partial charge in [0, 0.05) is 18.5 Å². The number of aromatic amines is 1. The minimum absolute atomic E-state index is 0.0935. The maximum absolute atomic E-state index is 12.6. The Bertz CT molecular complexity index is 708. The monoisotopic (exact) mass is 271 g/mol. The van der Waals surface area contributed by atoms with Crippen LogP contribution < -0.4 is 5.56 Å². The molecule has 1 atom stereocenters. The SMILES string of the molecule is CC1CCCN(C(=O)c2n[nH]c(=O)c3ccccc23)C1. The zero-order valence-electron chi connectivity index (χ0n) is 11.4. The summed E-state index contributed by atoms with van der Waals surface area (Å²) < 4.78 is 0. The molecule has 0 spiro atoms. The second kappa shape index (κ2) is 5.07. The molecular formula is C15H17N3O2. The Balaban J connectivity index is 2.04. The average molecular weight is 271 g/mol. The van der Waals surface area contributed by atoms with Crippen molar-refractivity contribution in [3.05, 3.63) is 40.3 Å². The lowest BCUT2D eigenvalue weighted by Gasteiger charge is -2.30. The molecule has 0 bridgehead atoms. The maximum Gasteiger partial charge on any atom is 0.274 e. The third-order valence-electron chi connectivity index (χ3n) is 3.84. The number of piperidine rings is 1. The van der Waals surface area contributed by atoms with E-state index in [1.54, 1.807) is 18.2 Å². The van der Waals surface area contributed by atoms with Gasteiger partial charge in [0.25, 0.3) is 11.5 Å². The number of nitrogens with one attached hydrogen (secondary N) is 1. The lowest BCUT2D eigenvalue weighted by molar-refractivity contribution is 0.0678. The van der Waals surface area contributed by atoms with Crippen LogP contribution in [0.15, 0.2) is 29.1 Å². The molecule has 2 aromatic rings. The highest BCUT2D eigenvalue weighted by molar-refractivity contribution is 6.04. The van der Waals surface area contributed by atoms with Gasteiger partial charge in [-0.3, -0.25) is 9.59 Å². The van der Waals surface area contributed by atoms with Crippen molar-refractivity contribution in [3.8, 4) is 0 Å². The molecule has 1 N–H and O–H groups in total. The largest absolute Gasteiger partial charge is 0.337 e. The van der Waals surface area contributed by atoms with E-state index in [0.717, 1.165) is 25.9 Å². The molecule has 1 aliphatic rings. The van der Waals surface area contributed by atoms with E-state index in [9.17, 15) is 9.59 Å². The molecule has 5 heteroatoms. The summed E-state index contributed by atoms with van der Waals surface area (Å²) >= 11 is 0. The summed E-state index contributed by atoms with van der Waals surface area (Å²) in [5, 5.41) is 7.53. The molecule has 2 heterocycles. The van der Waals surface area contributed by atoms with Gasteiger partial charge in [-0.15, -0.1) is 0 Å². The first kappa shape index (κ1) is 12.8. The molecule has 0 aliphatic carbocycles. The summed E-state index contributed by atoms with van der Waals surface area (Å²) in [5.74, 6) is 0.422. The number of rotatable bonds is 1. The minimum Gasteiger partial charge on any atom is -0.337 e. The van der Waals surface area contributed by atoms with Gasteiger partial charge in [0.15, 0.2) is 5.69 Å². The van der Waals surface area contributed by atoms with Crippen molar-refractivity contribution in [2.24, 2.45) is 5.92 Å². The maximum atomic E-state index is 12.6. The van der Waals surface area contributed by atoms with Gasteiger partial charge in [-0.1, -0.05) is 25.1 Å². The molecular weight excluding hydrogens is 254 g/mol. The molecule has 1 saturated heterocycles. The number of likely N-dealkylation sites (tertiary alicyclic amines) is 1. The van der Waals surface area contributed by atoms with Crippen LogP contribution in [-0.2, 0) is 0 Å². The molecule has 1 fully saturated rings. The Morgan fingerprint density at radius 3 is 2.85 bits per heavy atom. The second-order valence-corrected chi connectivity index (χ2v) is 5.45. The van der Waals surface area contributed by atoms with E-state index in [2.05, 4.69) is 17.1 Å². The summed E-state index contributed by atoms with van der Waals surface area (Å²) in [4.78, 5) is 26.2. The van der Waals surface area contributed by atoms with E-state index < -0.39 is 0 Å². The number of fused-ring (bicyclic) bond motifs is 1. The van der Waals surface area contributed by atoms with Crippen molar-refractivity contribution >= 4 is 16.7 Å². The molecule has 1 unspecified atom stereocenters. The number of carbonyl (C=O) groups excluding carboxylic acids is 1. The quantitative estimate of drug-likeness (QED) is 0.860. The normalized spacial score (nSPS) is 19.2. The Morgan fingerprint density at radius 1 is 1.35 bits per heavy atom. The van der Waals surface area contributed by atoms with Gasteiger partial charge in [-0.05, 0) is 24.8 Å². The van der Waals surface area contributed by atoms with Crippen LogP contribution in [0, 0.1) is 5.92 Å². The first-order chi connectivity index (χ1) is 9.66. The first-order valence-corrected chi connectivity index (χ1v) is 6.93. The zero-order chi connectivity index (χ0) is 14.1. The fourth-order valence-corrected chi connectivity index (χ4v) is 2.80. The highest BCUT2D eigenvalue weighted by Gasteiger charge is 2.24. The molecule has 1 aliphatic heterocycles. The predicted molar refractivity (Wildman–Crippen MR) is 76.7 cm³/mol. The number of H-pyrrole nitrogens is 1. The lowest BCUT2D eigenvalue weighted by atomic mass is 9.99. The number of aromatic nitrogens is 2. The molecule has 0 radical (unpaired) electrons. The number of nitrogens with zero attached hydrogens (tertiary/aromatic N) is 2. The number of amides is 1. The van der Waals surface area contributed by atoms with Crippen molar-refractivity contribution in [3.63, 3.8) is 0 Å². The highest BCUT2D eigenvalue weighted by Crippen LogP contribution is 2.20. The van der Waals surface area contributed by atoms with Gasteiger partial charge in [-0.2, -0.15) is 5.10 Å². The predicted octanol–water partition coefficient (Wildman–Crippen LogP) is 1.80. The standard InChI is InChI=1S/C15H17N3O2/c1-10-5-4-8-18(9-10)15(20)13-11-6-2-3-7-12(11)14(19)17-16-13/h2-3,6-7,10H,4-5,8-9H2,1H3,(H,17,19). The van der Waals surface area contributed by atoms with E-state index in [-0.39, 0.29) is 11.5 Å². The first-order valence-electron chi connectivity index (χ1n) is 6.93. The molecule has 3 rings (SSSR count). The zero-order valence-corrected chi connectivity index (χ0v) is 11.4. The molecule has 1 aromatic carbocycles. The smallest absolute Gasteiger partial charge is 0.274 e. The summed E-state index contributed by atoms with van der Waals surface area (Å²) in [5.41, 5.74) is 0.0819. The Labute approximate surface area is 116 Å². The van der Waals surface area contributed by atoms with Gasteiger partial charge in [0.2, 0.25) is 0 Å². The molecule has 20 heavy (non-hydrogen) atoms. The fourth-order valence-electron chi connectivity index (χ4n) is 2.80. The number of hydrogen-bond donors (Lipinski definition) is 1. The Hall–Kier alpha value is -2.17. The fraction of sp³-hybridized carbons (Fsp3) is 0.400. The molecule has 1 amide bonds. The van der Waals surface area contributed by atoms with Crippen LogP contribution in [0.1, 0.15) is 30.3 Å². The molecule has 104 valence electrons. The van der Waals surface area contributed by atoms with Crippen LogP contribution in [0.25, 0.3) is 10.8 Å². The van der Waals surface area contributed by atoms with Crippen LogP contribution in [0.5, 0.6) is 0 Å². The third-order valence-corrected chi connectivity index (χ3v) is 3.84. The molecule has 1 aromatic heterocycles. The third kappa shape index (κ3) is 2.19. The van der Waals surface area contributed by atoms with Crippen molar-refractivity contribution in [1.82, 2.24) is 15.1 Å². The summed E-state index contributed by atoms with van der Waals surface area (Å²) in [6, 6.07) is 7.09. The summed E-state index contributed by atoms with van der Waals surface area (Å²) in [7, 11) is 0. The van der Waals surface area contributed by atoms with E-state index in [1.807, 2.05) is 11.0 Å². The van der Waals surface area contributed by atoms with E-state index in [0.29, 0.717) is 22.4 Å². The van der Waals surface area contributed by atoms with Gasteiger partial charge < -0.3 is 4.90 Å². The van der Waals surface area contributed by atoms with Crippen molar-refractivity contribution in [2.75, 3.05) is 13.1 Å². The van der Waals surface area contributed by atoms with Gasteiger partial charge in [0.1, 0.15) is 0 Å². The van der Waals surface area contributed by atoms with Crippen molar-refractivity contribution in [2.45, 2.75) is 19.8 Å². The van der Waals surface area contributed by atoms with Crippen LogP contribution in [0.4, 0.5) is 0 Å². The van der Waals surface area contributed by atoms with Gasteiger partial charge in [0.05, 0.1) is 5.39 Å². The van der Waals surface area contributed by atoms with Crippen LogP contribution in [0.3, 0.4) is 0 Å². The van der Waals surface area contributed by atoms with Crippen molar-refractivity contribution in [1.29, 1.82) is 0 Å². The second-order valence-electron chi connectivity index (χ2n) is 5.45. The number of hydrogen-bond acceptors (Lipinski definition) is 3. The summed E-state index contributed by atoms with van der Waals surface area (Å²) in [6.07, 6.45) is 2.18. The highest BCUT2D eigenvalue weighted by atomic mass is 16.2. The summed E-state index contributed by atoms with van der Waals surface area (Å²) in [6.45, 7) is 3.67. The Kier molecular flexibility index (Phi) is 3.26. The van der Waals surface area contributed by atoms with Gasteiger partial charge in [-0.25, -0.2) is 5.10 Å². The van der Waals surface area contributed by atoms with E-state index >= 15 is 0 Å².